The summed E-state index contributed by atoms with van der Waals surface area (Å²) in [6.07, 6.45) is 0. The first-order valence-corrected chi connectivity index (χ1v) is 8.48. The summed E-state index contributed by atoms with van der Waals surface area (Å²) in [6, 6.07) is 8.46. The van der Waals surface area contributed by atoms with Gasteiger partial charge >= 0.3 is 0 Å². The molecule has 9 heteroatoms. The summed E-state index contributed by atoms with van der Waals surface area (Å²) in [5, 5.41) is 6.07. The van der Waals surface area contributed by atoms with Gasteiger partial charge in [-0.25, -0.2) is 13.8 Å². The number of anilines is 1. The molecule has 28 heavy (non-hydrogen) atoms. The number of H-pyrrole nitrogens is 1. The number of carbonyl (C=O) groups excluding carboxylic acids is 1. The van der Waals surface area contributed by atoms with Gasteiger partial charge in [0.1, 0.15) is 17.5 Å². The van der Waals surface area contributed by atoms with Crippen molar-refractivity contribution in [3.05, 3.63) is 48.0 Å². The number of hydrogen-bond donors (Lipinski definition) is 3. The lowest BCUT2D eigenvalue weighted by Crippen LogP contribution is -2.48. The normalized spacial score (nSPS) is 14.5. The summed E-state index contributed by atoms with van der Waals surface area (Å²) in [5.74, 6) is -0.601. The van der Waals surface area contributed by atoms with E-state index in [4.69, 9.17) is 0 Å². The second-order valence-electron chi connectivity index (χ2n) is 6.64. The van der Waals surface area contributed by atoms with E-state index in [2.05, 4.69) is 20.6 Å². The van der Waals surface area contributed by atoms with Crippen molar-refractivity contribution >= 4 is 47.4 Å². The molecular weight excluding hydrogens is 409 g/mol. The van der Waals surface area contributed by atoms with Crippen LogP contribution in [0.4, 0.5) is 14.5 Å². The Labute approximate surface area is 173 Å². The van der Waals surface area contributed by atoms with Gasteiger partial charge in [-0.3, -0.25) is 4.79 Å². The average molecular weight is 429 g/mol. The quantitative estimate of drug-likeness (QED) is 0.584. The van der Waals surface area contributed by atoms with Crippen molar-refractivity contribution < 1.29 is 13.6 Å². The highest BCUT2D eigenvalue weighted by atomic mass is 35.5. The third-order valence-electron chi connectivity index (χ3n) is 4.87. The summed E-state index contributed by atoms with van der Waals surface area (Å²) in [5.41, 5.74) is 1.95. The van der Waals surface area contributed by atoms with Crippen molar-refractivity contribution in [1.29, 1.82) is 0 Å². The zero-order valence-corrected chi connectivity index (χ0v) is 16.6. The molecule has 0 bridgehead atoms. The molecule has 0 aliphatic carbocycles. The fourth-order valence-corrected chi connectivity index (χ4v) is 3.03. The maximum absolute atomic E-state index is 13.9. The standard InChI is InChI=1S/C19H18F2N4O.2ClH/c1-10(11-8-22-9-11)19(26)23-13-3-5-16-17(7-13)25-18(24-16)14-6-12(20)2-4-15(14)21;;/h2-7,10-11,22H,8-9H2,1H3,(H,23,26)(H,24,25);2*1H. The van der Waals surface area contributed by atoms with Crippen LogP contribution in [0.1, 0.15) is 6.92 Å². The van der Waals surface area contributed by atoms with Gasteiger partial charge in [-0.2, -0.15) is 0 Å². The van der Waals surface area contributed by atoms with Gasteiger partial charge < -0.3 is 15.6 Å². The lowest BCUT2D eigenvalue weighted by atomic mass is 9.88. The average Bonchev–Trinajstić information content (AvgIpc) is 2.98. The highest BCUT2D eigenvalue weighted by Gasteiger charge is 2.28. The number of amides is 1. The van der Waals surface area contributed by atoms with E-state index in [-0.39, 0.29) is 48.0 Å². The van der Waals surface area contributed by atoms with Crippen LogP contribution in [-0.2, 0) is 4.79 Å². The van der Waals surface area contributed by atoms with Crippen molar-refractivity contribution in [2.24, 2.45) is 11.8 Å². The van der Waals surface area contributed by atoms with Crippen LogP contribution >= 0.6 is 24.8 Å². The Kier molecular flexibility index (Phi) is 6.98. The van der Waals surface area contributed by atoms with Crippen LogP contribution in [0.2, 0.25) is 0 Å². The van der Waals surface area contributed by atoms with E-state index in [1.807, 2.05) is 6.92 Å². The summed E-state index contributed by atoms with van der Waals surface area (Å²) >= 11 is 0. The molecule has 5 nitrogen and oxygen atoms in total. The second kappa shape index (κ2) is 8.86. The number of rotatable bonds is 4. The third-order valence-corrected chi connectivity index (χ3v) is 4.87. The Morgan fingerprint density at radius 3 is 2.61 bits per heavy atom. The number of aromatic amines is 1. The van der Waals surface area contributed by atoms with Crippen molar-refractivity contribution in [3.8, 4) is 11.4 Å². The number of halogens is 4. The van der Waals surface area contributed by atoms with E-state index in [0.717, 1.165) is 31.3 Å². The molecule has 1 amide bonds. The zero-order valence-electron chi connectivity index (χ0n) is 15.0. The molecule has 3 N–H and O–H groups in total. The molecule has 0 radical (unpaired) electrons. The van der Waals surface area contributed by atoms with Crippen LogP contribution in [-0.4, -0.2) is 29.0 Å². The van der Waals surface area contributed by atoms with Crippen LogP contribution < -0.4 is 10.6 Å². The lowest BCUT2D eigenvalue weighted by molar-refractivity contribution is -0.121. The largest absolute Gasteiger partial charge is 0.338 e. The molecule has 150 valence electrons. The molecule has 0 spiro atoms. The van der Waals surface area contributed by atoms with E-state index in [1.54, 1.807) is 18.2 Å². The molecule has 4 rings (SSSR count). The zero-order chi connectivity index (χ0) is 18.3. The van der Waals surface area contributed by atoms with Crippen LogP contribution in [0, 0.1) is 23.5 Å². The predicted molar refractivity (Wildman–Crippen MR) is 110 cm³/mol. The van der Waals surface area contributed by atoms with Gasteiger partial charge in [0.2, 0.25) is 5.91 Å². The van der Waals surface area contributed by atoms with Crippen LogP contribution in [0.5, 0.6) is 0 Å². The molecule has 1 atom stereocenters. The van der Waals surface area contributed by atoms with Gasteiger partial charge in [-0.1, -0.05) is 6.92 Å². The van der Waals surface area contributed by atoms with E-state index >= 15 is 0 Å². The highest BCUT2D eigenvalue weighted by Crippen LogP contribution is 2.26. The smallest absolute Gasteiger partial charge is 0.227 e. The second-order valence-corrected chi connectivity index (χ2v) is 6.64. The number of aromatic nitrogens is 2. The summed E-state index contributed by atoms with van der Waals surface area (Å²) in [7, 11) is 0. The number of nitrogens with one attached hydrogen (secondary N) is 3. The first-order chi connectivity index (χ1) is 12.5. The van der Waals surface area contributed by atoms with Gasteiger partial charge in [0.15, 0.2) is 0 Å². The van der Waals surface area contributed by atoms with E-state index in [9.17, 15) is 13.6 Å². The minimum atomic E-state index is -0.554. The van der Waals surface area contributed by atoms with Crippen molar-refractivity contribution in [2.45, 2.75) is 6.92 Å². The maximum Gasteiger partial charge on any atom is 0.227 e. The Hall–Kier alpha value is -2.22. The Morgan fingerprint density at radius 2 is 1.93 bits per heavy atom. The predicted octanol–water partition coefficient (Wildman–Crippen LogP) is 4.15. The van der Waals surface area contributed by atoms with E-state index in [1.165, 1.54) is 0 Å². The number of hydrogen-bond acceptors (Lipinski definition) is 3. The fraction of sp³-hybridized carbons (Fsp3) is 0.263. The molecule has 1 aliphatic heterocycles. The number of carbonyl (C=O) groups is 1. The van der Waals surface area contributed by atoms with Gasteiger partial charge in [-0.15, -0.1) is 24.8 Å². The minimum Gasteiger partial charge on any atom is -0.338 e. The first kappa shape index (κ1) is 22.1. The van der Waals surface area contributed by atoms with Crippen LogP contribution in [0.25, 0.3) is 22.4 Å². The van der Waals surface area contributed by atoms with Gasteiger partial charge in [0.25, 0.3) is 0 Å². The van der Waals surface area contributed by atoms with Crippen molar-refractivity contribution in [2.75, 3.05) is 18.4 Å². The number of nitrogens with zero attached hydrogens (tertiary/aromatic N) is 1. The molecule has 2 heterocycles. The molecular formula is C19H20Cl2F2N4O. The molecule has 0 saturated carbocycles. The van der Waals surface area contributed by atoms with Crippen molar-refractivity contribution in [3.63, 3.8) is 0 Å². The third kappa shape index (κ3) is 4.27. The van der Waals surface area contributed by atoms with E-state index in [0.29, 0.717) is 22.6 Å². The monoisotopic (exact) mass is 428 g/mol. The maximum atomic E-state index is 13.9. The Balaban J connectivity index is 0.00000140. The van der Waals surface area contributed by atoms with Gasteiger partial charge in [-0.05, 0) is 55.4 Å². The van der Waals surface area contributed by atoms with Crippen LogP contribution in [0.3, 0.4) is 0 Å². The number of imidazole rings is 1. The molecule has 2 aromatic carbocycles. The van der Waals surface area contributed by atoms with Gasteiger partial charge in [0.05, 0.1) is 16.6 Å². The number of benzene rings is 2. The Morgan fingerprint density at radius 1 is 1.18 bits per heavy atom. The summed E-state index contributed by atoms with van der Waals surface area (Å²) in [6.45, 7) is 3.63. The fourth-order valence-electron chi connectivity index (χ4n) is 3.03. The van der Waals surface area contributed by atoms with E-state index < -0.39 is 11.6 Å². The first-order valence-electron chi connectivity index (χ1n) is 8.48. The summed E-state index contributed by atoms with van der Waals surface area (Å²) in [4.78, 5) is 19.6. The minimum absolute atomic E-state index is 0. The molecule has 1 saturated heterocycles. The number of fused-ring (bicyclic) bond motifs is 1. The Bertz CT molecular complexity index is 991. The molecule has 3 aromatic rings. The van der Waals surface area contributed by atoms with Crippen molar-refractivity contribution in [1.82, 2.24) is 15.3 Å². The topological polar surface area (TPSA) is 69.8 Å². The molecule has 1 aliphatic rings. The van der Waals surface area contributed by atoms with Crippen LogP contribution in [0.15, 0.2) is 36.4 Å². The molecule has 1 aromatic heterocycles. The van der Waals surface area contributed by atoms with Gasteiger partial charge in [0, 0.05) is 11.6 Å². The molecule has 1 unspecified atom stereocenters. The lowest BCUT2D eigenvalue weighted by Gasteiger charge is -2.31. The summed E-state index contributed by atoms with van der Waals surface area (Å²) < 4.78 is 27.4. The molecule has 1 fully saturated rings. The SMILES string of the molecule is CC(C(=O)Nc1ccc2nc(-c3cc(F)ccc3F)[nH]c2c1)C1CNC1.Cl.Cl. The highest BCUT2D eigenvalue weighted by molar-refractivity contribution is 5.95.